The standard InChI is InChI=1S/C22H38N4O4S2/c1-19-7-8-20(2)22(18-19)32(29,30)26(15-14-24-11-5-4-6-21(24)3)16-17-31(27,28)25-12-9-23-10-13-25/h7-8,18,21,23H,4-6,9-17H2,1-3H3/t21-/m0/s1. The van der Waals surface area contributed by atoms with E-state index in [1.54, 1.807) is 13.0 Å². The summed E-state index contributed by atoms with van der Waals surface area (Å²) in [5, 5.41) is 3.15. The topological polar surface area (TPSA) is 90.0 Å². The van der Waals surface area contributed by atoms with E-state index in [0.29, 0.717) is 44.3 Å². The molecule has 0 aliphatic carbocycles. The SMILES string of the molecule is Cc1ccc(C)c(S(=O)(=O)N(CCN2CCCC[C@@H]2C)CCS(=O)(=O)N2CCNCC2)c1. The Labute approximate surface area is 194 Å². The van der Waals surface area contributed by atoms with Crippen molar-refractivity contribution in [3.63, 3.8) is 0 Å². The highest BCUT2D eigenvalue weighted by Gasteiger charge is 2.31. The number of nitrogens with zero attached hydrogens (tertiary/aromatic N) is 3. The summed E-state index contributed by atoms with van der Waals surface area (Å²) in [5.74, 6) is -0.202. The lowest BCUT2D eigenvalue weighted by atomic mass is 10.0. The second-order valence-electron chi connectivity index (χ2n) is 9.02. The molecule has 0 radical (unpaired) electrons. The molecular formula is C22H38N4O4S2. The molecule has 0 saturated carbocycles. The number of hydrogen-bond acceptors (Lipinski definition) is 6. The predicted octanol–water partition coefficient (Wildman–Crippen LogP) is 1.40. The second kappa shape index (κ2) is 10.9. The summed E-state index contributed by atoms with van der Waals surface area (Å²) in [7, 11) is -7.33. The highest BCUT2D eigenvalue weighted by atomic mass is 32.2. The number of hydrogen-bond donors (Lipinski definition) is 1. The van der Waals surface area contributed by atoms with E-state index in [1.807, 2.05) is 19.1 Å². The minimum atomic E-state index is -3.81. The van der Waals surface area contributed by atoms with Gasteiger partial charge in [0.05, 0.1) is 10.6 Å². The van der Waals surface area contributed by atoms with Gasteiger partial charge in [0.2, 0.25) is 20.0 Å². The van der Waals surface area contributed by atoms with E-state index in [2.05, 4.69) is 17.1 Å². The number of sulfonamides is 2. The van der Waals surface area contributed by atoms with Gasteiger partial charge in [0, 0.05) is 51.9 Å². The number of piperazine rings is 1. The molecule has 1 atom stereocenters. The number of nitrogens with one attached hydrogen (secondary N) is 1. The van der Waals surface area contributed by atoms with E-state index >= 15 is 0 Å². The molecular weight excluding hydrogens is 448 g/mol. The van der Waals surface area contributed by atoms with Crippen molar-refractivity contribution < 1.29 is 16.8 Å². The van der Waals surface area contributed by atoms with Crippen molar-refractivity contribution in [2.45, 2.75) is 51.0 Å². The smallest absolute Gasteiger partial charge is 0.243 e. The molecule has 2 aliphatic rings. The number of benzene rings is 1. The third kappa shape index (κ3) is 6.30. The molecule has 2 fully saturated rings. The first-order chi connectivity index (χ1) is 15.1. The zero-order valence-corrected chi connectivity index (χ0v) is 21.2. The number of likely N-dealkylation sites (tertiary alicyclic amines) is 1. The van der Waals surface area contributed by atoms with Crippen molar-refractivity contribution >= 4 is 20.0 Å². The van der Waals surface area contributed by atoms with Crippen LogP contribution in [0.1, 0.15) is 37.3 Å². The summed E-state index contributed by atoms with van der Waals surface area (Å²) in [5.41, 5.74) is 1.55. The molecule has 1 aromatic carbocycles. The lowest BCUT2D eigenvalue weighted by Gasteiger charge is -2.35. The molecule has 32 heavy (non-hydrogen) atoms. The molecule has 182 valence electrons. The fourth-order valence-corrected chi connectivity index (χ4v) is 7.78. The Morgan fingerprint density at radius 2 is 1.75 bits per heavy atom. The van der Waals surface area contributed by atoms with Gasteiger partial charge < -0.3 is 5.32 Å². The Morgan fingerprint density at radius 1 is 1.03 bits per heavy atom. The van der Waals surface area contributed by atoms with Crippen LogP contribution in [0.5, 0.6) is 0 Å². The molecule has 10 heteroatoms. The van der Waals surface area contributed by atoms with E-state index in [-0.39, 0.29) is 23.7 Å². The van der Waals surface area contributed by atoms with Gasteiger partial charge in [0.25, 0.3) is 0 Å². The largest absolute Gasteiger partial charge is 0.314 e. The van der Waals surface area contributed by atoms with Crippen molar-refractivity contribution in [3.8, 4) is 0 Å². The van der Waals surface area contributed by atoms with Crippen LogP contribution in [0.2, 0.25) is 0 Å². The average molecular weight is 487 g/mol. The Morgan fingerprint density at radius 3 is 2.44 bits per heavy atom. The number of rotatable bonds is 9. The van der Waals surface area contributed by atoms with Crippen LogP contribution in [0, 0.1) is 13.8 Å². The maximum Gasteiger partial charge on any atom is 0.243 e. The van der Waals surface area contributed by atoms with E-state index in [9.17, 15) is 16.8 Å². The van der Waals surface area contributed by atoms with Crippen LogP contribution < -0.4 is 5.32 Å². The van der Waals surface area contributed by atoms with E-state index in [0.717, 1.165) is 24.9 Å². The van der Waals surface area contributed by atoms with Gasteiger partial charge in [0.1, 0.15) is 0 Å². The first-order valence-electron chi connectivity index (χ1n) is 11.6. The van der Waals surface area contributed by atoms with E-state index < -0.39 is 20.0 Å². The van der Waals surface area contributed by atoms with Gasteiger partial charge in [-0.15, -0.1) is 0 Å². The Bertz CT molecular complexity index is 976. The summed E-state index contributed by atoms with van der Waals surface area (Å²) in [6.07, 6.45) is 3.43. The minimum absolute atomic E-state index is 0.0375. The van der Waals surface area contributed by atoms with Crippen LogP contribution >= 0.6 is 0 Å². The molecule has 0 amide bonds. The molecule has 2 heterocycles. The van der Waals surface area contributed by atoms with Gasteiger partial charge in [-0.1, -0.05) is 18.6 Å². The molecule has 0 aromatic heterocycles. The lowest BCUT2D eigenvalue weighted by Crippen LogP contribution is -2.49. The molecule has 0 unspecified atom stereocenters. The Kier molecular flexibility index (Phi) is 8.73. The number of aryl methyl sites for hydroxylation is 2. The van der Waals surface area contributed by atoms with Crippen LogP contribution in [0.15, 0.2) is 23.1 Å². The van der Waals surface area contributed by atoms with E-state index in [4.69, 9.17) is 0 Å². The van der Waals surface area contributed by atoms with Crippen molar-refractivity contribution in [2.75, 3.05) is 58.1 Å². The molecule has 1 N–H and O–H groups in total. The van der Waals surface area contributed by atoms with Crippen LogP contribution in [0.3, 0.4) is 0 Å². The van der Waals surface area contributed by atoms with Gasteiger partial charge in [-0.05, 0) is 57.4 Å². The van der Waals surface area contributed by atoms with Crippen molar-refractivity contribution in [1.29, 1.82) is 0 Å². The van der Waals surface area contributed by atoms with Crippen LogP contribution in [-0.2, 0) is 20.0 Å². The van der Waals surface area contributed by atoms with E-state index in [1.165, 1.54) is 15.0 Å². The third-order valence-electron chi connectivity index (χ3n) is 6.61. The summed E-state index contributed by atoms with van der Waals surface area (Å²) in [6.45, 7) is 9.75. The van der Waals surface area contributed by atoms with Crippen molar-refractivity contribution in [1.82, 2.24) is 18.8 Å². The van der Waals surface area contributed by atoms with Gasteiger partial charge >= 0.3 is 0 Å². The van der Waals surface area contributed by atoms with Gasteiger partial charge in [-0.2, -0.15) is 8.61 Å². The number of piperidine rings is 1. The molecule has 0 bridgehead atoms. The molecule has 0 spiro atoms. The first kappa shape index (κ1) is 25.6. The fourth-order valence-electron chi connectivity index (χ4n) is 4.48. The van der Waals surface area contributed by atoms with Crippen LogP contribution in [0.4, 0.5) is 0 Å². The maximum absolute atomic E-state index is 13.6. The second-order valence-corrected chi connectivity index (χ2v) is 13.0. The normalized spacial score (nSPS) is 21.8. The van der Waals surface area contributed by atoms with Gasteiger partial charge in [-0.25, -0.2) is 16.8 Å². The predicted molar refractivity (Wildman–Crippen MR) is 128 cm³/mol. The zero-order valence-electron chi connectivity index (χ0n) is 19.6. The monoisotopic (exact) mass is 486 g/mol. The highest BCUT2D eigenvalue weighted by molar-refractivity contribution is 7.90. The maximum atomic E-state index is 13.6. The van der Waals surface area contributed by atoms with Crippen LogP contribution in [-0.4, -0.2) is 94.5 Å². The molecule has 1 aromatic rings. The van der Waals surface area contributed by atoms with Crippen molar-refractivity contribution in [2.24, 2.45) is 0 Å². The summed E-state index contributed by atoms with van der Waals surface area (Å²) >= 11 is 0. The molecule has 2 aliphatic heterocycles. The first-order valence-corrected chi connectivity index (χ1v) is 14.7. The van der Waals surface area contributed by atoms with Crippen LogP contribution in [0.25, 0.3) is 0 Å². The molecule has 2 saturated heterocycles. The third-order valence-corrected chi connectivity index (χ3v) is 10.5. The van der Waals surface area contributed by atoms with Gasteiger partial charge in [-0.3, -0.25) is 4.90 Å². The lowest BCUT2D eigenvalue weighted by molar-refractivity contribution is 0.152. The fraction of sp³-hybridized carbons (Fsp3) is 0.727. The highest BCUT2D eigenvalue weighted by Crippen LogP contribution is 2.23. The Hall–Kier alpha value is -1.04. The molecule has 8 nitrogen and oxygen atoms in total. The Balaban J connectivity index is 1.80. The quantitative estimate of drug-likeness (QED) is 0.568. The summed E-state index contributed by atoms with van der Waals surface area (Å²) in [6, 6.07) is 5.80. The average Bonchev–Trinajstić information content (AvgIpc) is 2.77. The summed E-state index contributed by atoms with van der Waals surface area (Å²) < 4.78 is 55.9. The van der Waals surface area contributed by atoms with Gasteiger partial charge in [0.15, 0.2) is 0 Å². The van der Waals surface area contributed by atoms with Crippen molar-refractivity contribution in [3.05, 3.63) is 29.3 Å². The summed E-state index contributed by atoms with van der Waals surface area (Å²) in [4.78, 5) is 2.59. The zero-order chi connectivity index (χ0) is 23.4. The molecule has 3 rings (SSSR count). The minimum Gasteiger partial charge on any atom is -0.314 e.